The number of urea groups is 1. The Labute approximate surface area is 110 Å². The molecule has 0 radical (unpaired) electrons. The molecule has 0 aromatic carbocycles. The highest BCUT2D eigenvalue weighted by molar-refractivity contribution is 5.83. The lowest BCUT2D eigenvalue weighted by Gasteiger charge is -2.21. The number of nitrogens with one attached hydrogen (secondary N) is 1. The number of carboxylic acid groups (broad SMARTS) is 1. The molecule has 104 valence electrons. The Morgan fingerprint density at radius 1 is 1.58 bits per heavy atom. The van der Waals surface area contributed by atoms with Gasteiger partial charge in [-0.1, -0.05) is 0 Å². The average Bonchev–Trinajstić information content (AvgIpc) is 2.98. The first-order valence-corrected chi connectivity index (χ1v) is 6.19. The van der Waals surface area contributed by atoms with Gasteiger partial charge in [-0.15, -0.1) is 10.2 Å². The Kier molecular flexibility index (Phi) is 3.98. The van der Waals surface area contributed by atoms with Gasteiger partial charge >= 0.3 is 12.0 Å². The van der Waals surface area contributed by atoms with Crippen LogP contribution in [0.5, 0.6) is 0 Å². The zero-order valence-corrected chi connectivity index (χ0v) is 10.7. The van der Waals surface area contributed by atoms with E-state index in [-0.39, 0.29) is 6.03 Å². The zero-order valence-electron chi connectivity index (χ0n) is 10.7. The molecular formula is C11H17N5O3. The van der Waals surface area contributed by atoms with Gasteiger partial charge in [-0.3, -0.25) is 0 Å². The topological polar surface area (TPSA) is 100 Å². The first kappa shape index (κ1) is 13.3. The first-order valence-electron chi connectivity index (χ1n) is 6.19. The van der Waals surface area contributed by atoms with Gasteiger partial charge in [0, 0.05) is 26.6 Å². The van der Waals surface area contributed by atoms with Gasteiger partial charge in [-0.25, -0.2) is 9.59 Å². The van der Waals surface area contributed by atoms with E-state index in [0.29, 0.717) is 25.9 Å². The molecule has 0 unspecified atom stereocenters. The second-order valence-electron chi connectivity index (χ2n) is 4.53. The van der Waals surface area contributed by atoms with Crippen LogP contribution in [0.1, 0.15) is 18.7 Å². The molecule has 2 heterocycles. The second kappa shape index (κ2) is 5.68. The number of carbonyl (C=O) groups is 2. The van der Waals surface area contributed by atoms with E-state index in [1.54, 1.807) is 10.9 Å². The van der Waals surface area contributed by atoms with Crippen LogP contribution in [0.4, 0.5) is 4.79 Å². The van der Waals surface area contributed by atoms with E-state index in [0.717, 1.165) is 12.2 Å². The Hall–Kier alpha value is -2.12. The van der Waals surface area contributed by atoms with Crippen LogP contribution in [0.2, 0.25) is 0 Å². The molecule has 1 atom stereocenters. The molecule has 1 fully saturated rings. The van der Waals surface area contributed by atoms with Crippen LogP contribution in [-0.4, -0.2) is 55.9 Å². The van der Waals surface area contributed by atoms with Gasteiger partial charge in [-0.05, 0) is 12.8 Å². The lowest BCUT2D eigenvalue weighted by atomic mass is 10.2. The minimum absolute atomic E-state index is 0.327. The van der Waals surface area contributed by atoms with Crippen molar-refractivity contribution in [3.63, 3.8) is 0 Å². The van der Waals surface area contributed by atoms with Gasteiger partial charge in [0.05, 0.1) is 0 Å². The summed E-state index contributed by atoms with van der Waals surface area (Å²) in [6, 6.07) is -1.03. The molecule has 2 rings (SSSR count). The summed E-state index contributed by atoms with van der Waals surface area (Å²) >= 11 is 0. The van der Waals surface area contributed by atoms with E-state index >= 15 is 0 Å². The predicted molar refractivity (Wildman–Crippen MR) is 65.5 cm³/mol. The van der Waals surface area contributed by atoms with E-state index in [1.807, 2.05) is 7.05 Å². The van der Waals surface area contributed by atoms with E-state index < -0.39 is 12.0 Å². The molecule has 1 aliphatic heterocycles. The van der Waals surface area contributed by atoms with Crippen LogP contribution >= 0.6 is 0 Å². The molecule has 1 aromatic heterocycles. The SMILES string of the molecule is Cn1cnnc1CCNC(=O)N1CCC[C@H]1C(=O)O. The number of rotatable bonds is 4. The molecule has 0 aliphatic carbocycles. The number of aromatic nitrogens is 3. The highest BCUT2D eigenvalue weighted by Gasteiger charge is 2.33. The molecule has 8 heteroatoms. The average molecular weight is 267 g/mol. The van der Waals surface area contributed by atoms with E-state index in [1.165, 1.54) is 4.90 Å². The van der Waals surface area contributed by atoms with Crippen molar-refractivity contribution in [2.24, 2.45) is 7.05 Å². The Bertz CT molecular complexity index is 473. The summed E-state index contributed by atoms with van der Waals surface area (Å²) in [5, 5.41) is 19.4. The van der Waals surface area contributed by atoms with Crippen molar-refractivity contribution in [1.29, 1.82) is 0 Å². The highest BCUT2D eigenvalue weighted by Crippen LogP contribution is 2.17. The summed E-state index contributed by atoms with van der Waals surface area (Å²) in [6.07, 6.45) is 3.41. The van der Waals surface area contributed by atoms with Gasteiger partial charge < -0.3 is 19.9 Å². The first-order chi connectivity index (χ1) is 9.09. The second-order valence-corrected chi connectivity index (χ2v) is 4.53. The summed E-state index contributed by atoms with van der Waals surface area (Å²) in [5.41, 5.74) is 0. The van der Waals surface area contributed by atoms with Crippen molar-refractivity contribution in [2.45, 2.75) is 25.3 Å². The number of likely N-dealkylation sites (tertiary alicyclic amines) is 1. The van der Waals surface area contributed by atoms with Crippen molar-refractivity contribution in [1.82, 2.24) is 25.0 Å². The third-order valence-electron chi connectivity index (χ3n) is 3.23. The Balaban J connectivity index is 1.81. The normalized spacial score (nSPS) is 18.6. The number of hydrogen-bond acceptors (Lipinski definition) is 4. The van der Waals surface area contributed by atoms with Gasteiger partial charge in [0.15, 0.2) is 0 Å². The van der Waals surface area contributed by atoms with Crippen molar-refractivity contribution >= 4 is 12.0 Å². The standard InChI is InChI=1S/C11H17N5O3/c1-15-7-13-14-9(15)4-5-12-11(19)16-6-2-3-8(16)10(17)18/h7-8H,2-6H2,1H3,(H,12,19)(H,17,18)/t8-/m0/s1. The summed E-state index contributed by atoms with van der Waals surface area (Å²) < 4.78 is 1.78. The smallest absolute Gasteiger partial charge is 0.326 e. The van der Waals surface area contributed by atoms with Crippen LogP contribution in [0.15, 0.2) is 6.33 Å². The summed E-state index contributed by atoms with van der Waals surface area (Å²) in [6.45, 7) is 0.904. The lowest BCUT2D eigenvalue weighted by molar-refractivity contribution is -0.141. The minimum Gasteiger partial charge on any atom is -0.480 e. The number of amides is 2. The summed E-state index contributed by atoms with van der Waals surface area (Å²) in [4.78, 5) is 24.2. The van der Waals surface area contributed by atoms with Crippen LogP contribution in [-0.2, 0) is 18.3 Å². The fourth-order valence-electron chi connectivity index (χ4n) is 2.18. The maximum Gasteiger partial charge on any atom is 0.326 e. The third-order valence-corrected chi connectivity index (χ3v) is 3.23. The number of hydrogen-bond donors (Lipinski definition) is 2. The predicted octanol–water partition coefficient (Wildman–Crippen LogP) is -0.384. The number of carbonyl (C=O) groups excluding carboxylic acids is 1. The molecule has 8 nitrogen and oxygen atoms in total. The van der Waals surface area contributed by atoms with E-state index in [9.17, 15) is 9.59 Å². The summed E-state index contributed by atoms with van der Waals surface area (Å²) in [7, 11) is 1.83. The van der Waals surface area contributed by atoms with Crippen LogP contribution in [0.3, 0.4) is 0 Å². The zero-order chi connectivity index (χ0) is 13.8. The highest BCUT2D eigenvalue weighted by atomic mass is 16.4. The molecule has 2 amide bonds. The molecule has 0 spiro atoms. The molecule has 1 saturated heterocycles. The summed E-state index contributed by atoms with van der Waals surface area (Å²) in [5.74, 6) is -0.169. The molecule has 0 bridgehead atoms. The fourth-order valence-corrected chi connectivity index (χ4v) is 2.18. The monoisotopic (exact) mass is 267 g/mol. The molecule has 2 N–H and O–H groups in total. The van der Waals surface area contributed by atoms with Crippen LogP contribution < -0.4 is 5.32 Å². The maximum atomic E-state index is 11.9. The molecule has 1 aromatic rings. The number of aliphatic carboxylic acids is 1. The number of carboxylic acids is 1. The molecular weight excluding hydrogens is 250 g/mol. The molecule has 19 heavy (non-hydrogen) atoms. The van der Waals surface area contributed by atoms with Crippen molar-refractivity contribution < 1.29 is 14.7 Å². The van der Waals surface area contributed by atoms with E-state index in [2.05, 4.69) is 15.5 Å². The fraction of sp³-hybridized carbons (Fsp3) is 0.636. The maximum absolute atomic E-state index is 11.9. The van der Waals surface area contributed by atoms with Gasteiger partial charge in [0.25, 0.3) is 0 Å². The van der Waals surface area contributed by atoms with Gasteiger partial charge in [0.1, 0.15) is 18.2 Å². The Morgan fingerprint density at radius 2 is 2.37 bits per heavy atom. The van der Waals surface area contributed by atoms with Crippen molar-refractivity contribution in [3.05, 3.63) is 12.2 Å². The lowest BCUT2D eigenvalue weighted by Crippen LogP contribution is -2.46. The Morgan fingerprint density at radius 3 is 3.00 bits per heavy atom. The largest absolute Gasteiger partial charge is 0.480 e. The van der Waals surface area contributed by atoms with Crippen LogP contribution in [0.25, 0.3) is 0 Å². The minimum atomic E-state index is -0.944. The quantitative estimate of drug-likeness (QED) is 0.774. The van der Waals surface area contributed by atoms with Gasteiger partial charge in [-0.2, -0.15) is 0 Å². The van der Waals surface area contributed by atoms with Crippen molar-refractivity contribution in [2.75, 3.05) is 13.1 Å². The number of nitrogens with zero attached hydrogens (tertiary/aromatic N) is 4. The molecule has 0 saturated carbocycles. The van der Waals surface area contributed by atoms with Gasteiger partial charge in [0.2, 0.25) is 0 Å². The third kappa shape index (κ3) is 3.01. The molecule has 1 aliphatic rings. The van der Waals surface area contributed by atoms with Crippen molar-refractivity contribution in [3.8, 4) is 0 Å². The van der Waals surface area contributed by atoms with E-state index in [4.69, 9.17) is 5.11 Å². The van der Waals surface area contributed by atoms with Crippen LogP contribution in [0, 0.1) is 0 Å². The number of aryl methyl sites for hydroxylation is 1.